The van der Waals surface area contributed by atoms with Gasteiger partial charge in [0, 0.05) is 19.0 Å². The highest BCUT2D eigenvalue weighted by Gasteiger charge is 2.24. The molecule has 1 amide bonds. The topological polar surface area (TPSA) is 58.8 Å². The zero-order valence-corrected chi connectivity index (χ0v) is 19.0. The first-order valence-electron chi connectivity index (χ1n) is 11.7. The van der Waals surface area contributed by atoms with Crippen molar-refractivity contribution in [3.63, 3.8) is 0 Å². The van der Waals surface area contributed by atoms with Crippen LogP contribution in [0.1, 0.15) is 49.7 Å². The maximum Gasteiger partial charge on any atom is 0.220 e. The monoisotopic (exact) mass is 435 g/mol. The molecule has 3 aliphatic rings. The molecule has 6 heteroatoms. The van der Waals surface area contributed by atoms with Crippen LogP contribution in [0.5, 0.6) is 5.75 Å². The van der Waals surface area contributed by atoms with Gasteiger partial charge in [-0.2, -0.15) is 0 Å². The Morgan fingerprint density at radius 1 is 1.03 bits per heavy atom. The molecule has 1 aromatic rings. The van der Waals surface area contributed by atoms with Gasteiger partial charge in [0.2, 0.25) is 5.91 Å². The third-order valence-electron chi connectivity index (χ3n) is 7.10. The predicted molar refractivity (Wildman–Crippen MR) is 123 cm³/mol. The molecule has 0 bridgehead atoms. The number of nitrogens with two attached hydrogens (primary N) is 1. The summed E-state index contributed by atoms with van der Waals surface area (Å²) in [5, 5.41) is 0. The molecule has 2 fully saturated rings. The predicted octanol–water partition coefficient (Wildman–Crippen LogP) is 3.28. The number of primary amides is 1. The number of rotatable bonds is 8. The molecule has 0 aromatic heterocycles. The number of carbonyl (C=O) groups is 1. The molecule has 1 atom stereocenters. The van der Waals surface area contributed by atoms with Gasteiger partial charge in [-0.25, -0.2) is 0 Å². The lowest BCUT2D eigenvalue weighted by Crippen LogP contribution is -2.39. The van der Waals surface area contributed by atoms with E-state index in [4.69, 9.17) is 10.5 Å². The van der Waals surface area contributed by atoms with Crippen molar-refractivity contribution in [2.75, 3.05) is 45.9 Å². The van der Waals surface area contributed by atoms with Crippen LogP contribution >= 0.6 is 12.4 Å². The standard InChI is InChI=1S/C24H37N3O2.ClH/c25-24(28)20-8-13-26(14-9-20)12-3-15-29-23-7-6-21-16-19(4-5-22(21)17-23)18-27-10-1-2-11-27;/h6-7,17,19-20H,1-5,8-16,18H2,(H2,25,28);1H. The number of benzene rings is 1. The maximum absolute atomic E-state index is 11.3. The Balaban J connectivity index is 0.00000256. The summed E-state index contributed by atoms with van der Waals surface area (Å²) in [6, 6.07) is 6.74. The Kier molecular flexibility index (Phi) is 8.84. The zero-order valence-electron chi connectivity index (χ0n) is 18.2. The molecule has 4 rings (SSSR count). The Labute approximate surface area is 187 Å². The molecule has 0 radical (unpaired) electrons. The van der Waals surface area contributed by atoms with E-state index in [1.54, 1.807) is 0 Å². The molecule has 1 unspecified atom stereocenters. The lowest BCUT2D eigenvalue weighted by atomic mass is 9.83. The summed E-state index contributed by atoms with van der Waals surface area (Å²) >= 11 is 0. The van der Waals surface area contributed by atoms with Gasteiger partial charge in [0.1, 0.15) is 5.75 Å². The van der Waals surface area contributed by atoms with Gasteiger partial charge in [0.15, 0.2) is 0 Å². The van der Waals surface area contributed by atoms with Crippen LogP contribution in [-0.4, -0.2) is 61.6 Å². The quantitative estimate of drug-likeness (QED) is 0.636. The zero-order chi connectivity index (χ0) is 20.1. The molecule has 0 spiro atoms. The summed E-state index contributed by atoms with van der Waals surface area (Å²) in [5.74, 6) is 1.79. The van der Waals surface area contributed by atoms with E-state index in [0.29, 0.717) is 0 Å². The first kappa shape index (κ1) is 23.4. The first-order valence-corrected chi connectivity index (χ1v) is 11.7. The largest absolute Gasteiger partial charge is 0.494 e. The minimum atomic E-state index is -0.136. The van der Waals surface area contributed by atoms with Crippen molar-refractivity contribution in [1.82, 2.24) is 9.80 Å². The van der Waals surface area contributed by atoms with Crippen LogP contribution in [0, 0.1) is 11.8 Å². The second-order valence-corrected chi connectivity index (χ2v) is 9.27. The summed E-state index contributed by atoms with van der Waals surface area (Å²) in [4.78, 5) is 16.3. The van der Waals surface area contributed by atoms with Crippen molar-refractivity contribution in [3.05, 3.63) is 29.3 Å². The van der Waals surface area contributed by atoms with Gasteiger partial charge in [-0.15, -0.1) is 12.4 Å². The van der Waals surface area contributed by atoms with E-state index in [1.807, 2.05) is 0 Å². The number of fused-ring (bicyclic) bond motifs is 1. The molecular formula is C24H38ClN3O2. The Hall–Kier alpha value is -1.30. The number of carbonyl (C=O) groups excluding carboxylic acids is 1. The smallest absolute Gasteiger partial charge is 0.220 e. The lowest BCUT2D eigenvalue weighted by molar-refractivity contribution is -0.123. The van der Waals surface area contributed by atoms with Crippen LogP contribution in [0.25, 0.3) is 0 Å². The number of hydrogen-bond acceptors (Lipinski definition) is 4. The van der Waals surface area contributed by atoms with E-state index < -0.39 is 0 Å². The van der Waals surface area contributed by atoms with Gasteiger partial charge in [-0.3, -0.25) is 4.79 Å². The van der Waals surface area contributed by atoms with Gasteiger partial charge in [-0.1, -0.05) is 6.07 Å². The Morgan fingerprint density at radius 2 is 1.80 bits per heavy atom. The van der Waals surface area contributed by atoms with E-state index in [-0.39, 0.29) is 24.2 Å². The number of likely N-dealkylation sites (tertiary alicyclic amines) is 2. The van der Waals surface area contributed by atoms with Gasteiger partial charge < -0.3 is 20.3 Å². The van der Waals surface area contributed by atoms with E-state index in [2.05, 4.69) is 28.0 Å². The number of piperidine rings is 1. The molecule has 1 aromatic carbocycles. The fraction of sp³-hybridized carbons (Fsp3) is 0.708. The Bertz CT molecular complexity index is 685. The summed E-state index contributed by atoms with van der Waals surface area (Å²) in [5.41, 5.74) is 8.44. The summed E-state index contributed by atoms with van der Waals surface area (Å²) in [6.45, 7) is 7.64. The van der Waals surface area contributed by atoms with Crippen LogP contribution in [-0.2, 0) is 17.6 Å². The highest BCUT2D eigenvalue weighted by atomic mass is 35.5. The third kappa shape index (κ3) is 6.35. The fourth-order valence-electron chi connectivity index (χ4n) is 5.30. The van der Waals surface area contributed by atoms with Crippen molar-refractivity contribution >= 4 is 18.3 Å². The number of nitrogens with zero attached hydrogens (tertiary/aromatic N) is 2. The molecule has 2 saturated heterocycles. The Morgan fingerprint density at radius 3 is 2.53 bits per heavy atom. The molecular weight excluding hydrogens is 398 g/mol. The highest BCUT2D eigenvalue weighted by molar-refractivity contribution is 5.85. The first-order chi connectivity index (χ1) is 14.2. The number of hydrogen-bond donors (Lipinski definition) is 1. The molecule has 2 heterocycles. The van der Waals surface area contributed by atoms with Gasteiger partial charge in [0.25, 0.3) is 0 Å². The molecule has 2 aliphatic heterocycles. The average Bonchev–Trinajstić information content (AvgIpc) is 3.24. The maximum atomic E-state index is 11.3. The van der Waals surface area contributed by atoms with Crippen LogP contribution < -0.4 is 10.5 Å². The summed E-state index contributed by atoms with van der Waals surface area (Å²) in [7, 11) is 0. The van der Waals surface area contributed by atoms with Crippen LogP contribution in [0.15, 0.2) is 18.2 Å². The van der Waals surface area contributed by atoms with Crippen LogP contribution in [0.4, 0.5) is 0 Å². The number of ether oxygens (including phenoxy) is 1. The van der Waals surface area contributed by atoms with Crippen molar-refractivity contribution in [2.24, 2.45) is 17.6 Å². The second-order valence-electron chi connectivity index (χ2n) is 9.27. The van der Waals surface area contributed by atoms with Gasteiger partial charge in [-0.05, 0) is 107 Å². The average molecular weight is 436 g/mol. The third-order valence-corrected chi connectivity index (χ3v) is 7.10. The summed E-state index contributed by atoms with van der Waals surface area (Å²) in [6.07, 6.45) is 9.34. The van der Waals surface area contributed by atoms with Crippen LogP contribution in [0.3, 0.4) is 0 Å². The van der Waals surface area contributed by atoms with E-state index >= 15 is 0 Å². The number of amides is 1. The van der Waals surface area contributed by atoms with Crippen molar-refractivity contribution < 1.29 is 9.53 Å². The lowest BCUT2D eigenvalue weighted by Gasteiger charge is -2.30. The van der Waals surface area contributed by atoms with E-state index in [9.17, 15) is 4.79 Å². The van der Waals surface area contributed by atoms with E-state index in [0.717, 1.165) is 57.2 Å². The molecule has 5 nitrogen and oxygen atoms in total. The SMILES string of the molecule is Cl.NC(=O)C1CCN(CCCOc2ccc3c(c2)CCC(CN2CCCC2)C3)CC1. The number of aryl methyl sites for hydroxylation is 1. The molecule has 0 saturated carbocycles. The summed E-state index contributed by atoms with van der Waals surface area (Å²) < 4.78 is 6.05. The molecule has 1 aliphatic carbocycles. The minimum Gasteiger partial charge on any atom is -0.494 e. The second kappa shape index (κ2) is 11.4. The van der Waals surface area contributed by atoms with Crippen molar-refractivity contribution in [3.8, 4) is 5.75 Å². The number of halogens is 1. The minimum absolute atomic E-state index is 0. The fourth-order valence-corrected chi connectivity index (χ4v) is 5.30. The van der Waals surface area contributed by atoms with Crippen molar-refractivity contribution in [2.45, 2.75) is 51.4 Å². The molecule has 2 N–H and O–H groups in total. The van der Waals surface area contributed by atoms with Crippen molar-refractivity contribution in [1.29, 1.82) is 0 Å². The molecule has 168 valence electrons. The normalized spacial score (nSPS) is 23.0. The van der Waals surface area contributed by atoms with Gasteiger partial charge >= 0.3 is 0 Å². The van der Waals surface area contributed by atoms with E-state index in [1.165, 1.54) is 62.9 Å². The highest BCUT2D eigenvalue weighted by Crippen LogP contribution is 2.30. The van der Waals surface area contributed by atoms with Crippen LogP contribution in [0.2, 0.25) is 0 Å². The molecule has 30 heavy (non-hydrogen) atoms. The van der Waals surface area contributed by atoms with Gasteiger partial charge in [0.05, 0.1) is 6.61 Å².